The number of aromatic amines is 2. The van der Waals surface area contributed by atoms with Crippen LogP contribution in [0.25, 0.3) is 22.2 Å². The summed E-state index contributed by atoms with van der Waals surface area (Å²) in [5.74, 6) is -0.389. The molecule has 6 nitrogen and oxygen atoms in total. The Morgan fingerprint density at radius 1 is 0.741 bits per heavy atom. The second-order valence-electron chi connectivity index (χ2n) is 6.43. The van der Waals surface area contributed by atoms with E-state index in [-0.39, 0.29) is 17.4 Å². The third kappa shape index (κ3) is 2.38. The van der Waals surface area contributed by atoms with E-state index in [2.05, 4.69) is 15.3 Å². The lowest BCUT2D eigenvalue weighted by molar-refractivity contribution is 0.102. The predicted molar refractivity (Wildman–Crippen MR) is 102 cm³/mol. The molecule has 5 rings (SSSR count). The Bertz CT molecular complexity index is 1310. The summed E-state index contributed by atoms with van der Waals surface area (Å²) >= 11 is 0. The monoisotopic (exact) mass is 355 g/mol. The van der Waals surface area contributed by atoms with Gasteiger partial charge in [0.05, 0.1) is 11.0 Å². The largest absolute Gasteiger partial charge is 0.323 e. The normalized spacial score (nSPS) is 12.1. The Labute approximate surface area is 152 Å². The highest BCUT2D eigenvalue weighted by molar-refractivity contribution is 6.22. The third-order valence-corrected chi connectivity index (χ3v) is 4.76. The summed E-state index contributed by atoms with van der Waals surface area (Å²) in [6.45, 7) is 0. The molecule has 130 valence electrons. The summed E-state index contributed by atoms with van der Waals surface area (Å²) in [5.41, 5.74) is 4.86. The van der Waals surface area contributed by atoms with Gasteiger partial charge in [-0.15, -0.1) is 0 Å². The van der Waals surface area contributed by atoms with Gasteiger partial charge >= 0.3 is 5.69 Å². The van der Waals surface area contributed by atoms with Gasteiger partial charge in [0.15, 0.2) is 5.78 Å². The van der Waals surface area contributed by atoms with Crippen LogP contribution in [0.5, 0.6) is 0 Å². The predicted octanol–water partition coefficient (Wildman–Crippen LogP) is 3.32. The molecule has 27 heavy (non-hydrogen) atoms. The maximum absolute atomic E-state index is 12.6. The number of anilines is 1. The molecule has 1 aliphatic rings. The van der Waals surface area contributed by atoms with Crippen molar-refractivity contribution in [3.05, 3.63) is 87.8 Å². The molecule has 6 heteroatoms. The molecule has 1 aliphatic carbocycles. The van der Waals surface area contributed by atoms with Crippen molar-refractivity contribution >= 4 is 28.4 Å². The fraction of sp³-hybridized carbons (Fsp3) is 0. The molecular formula is C21H13N3O3. The van der Waals surface area contributed by atoms with E-state index >= 15 is 0 Å². The molecule has 1 amide bonds. The number of imidazole rings is 1. The molecule has 3 aromatic carbocycles. The molecule has 0 aliphatic heterocycles. The number of nitrogens with one attached hydrogen (secondary N) is 3. The Kier molecular flexibility index (Phi) is 3.14. The molecule has 4 aromatic rings. The lowest BCUT2D eigenvalue weighted by Crippen LogP contribution is -2.12. The minimum absolute atomic E-state index is 0.0680. The first kappa shape index (κ1) is 15.3. The van der Waals surface area contributed by atoms with Gasteiger partial charge in [0.2, 0.25) is 0 Å². The van der Waals surface area contributed by atoms with Crippen LogP contribution in [0.3, 0.4) is 0 Å². The number of aromatic nitrogens is 2. The Hall–Kier alpha value is -3.93. The number of carbonyl (C=O) groups is 2. The van der Waals surface area contributed by atoms with E-state index in [1.54, 1.807) is 42.5 Å². The van der Waals surface area contributed by atoms with Gasteiger partial charge in [0.25, 0.3) is 5.91 Å². The average molecular weight is 355 g/mol. The number of rotatable bonds is 2. The van der Waals surface area contributed by atoms with E-state index < -0.39 is 0 Å². The molecule has 3 N–H and O–H groups in total. The molecule has 0 unspecified atom stereocenters. The summed E-state index contributed by atoms with van der Waals surface area (Å²) in [4.78, 5) is 41.9. The van der Waals surface area contributed by atoms with E-state index in [0.717, 1.165) is 11.1 Å². The van der Waals surface area contributed by atoms with Crippen LogP contribution < -0.4 is 11.0 Å². The number of fused-ring (bicyclic) bond motifs is 4. The Balaban J connectivity index is 1.47. The second-order valence-corrected chi connectivity index (χ2v) is 6.43. The summed E-state index contributed by atoms with van der Waals surface area (Å²) < 4.78 is 0. The number of carbonyl (C=O) groups excluding carboxylic acids is 2. The van der Waals surface area contributed by atoms with Crippen molar-refractivity contribution in [2.24, 2.45) is 0 Å². The molecule has 0 radical (unpaired) electrons. The topological polar surface area (TPSA) is 94.8 Å². The first-order valence-electron chi connectivity index (χ1n) is 8.42. The van der Waals surface area contributed by atoms with Crippen molar-refractivity contribution < 1.29 is 9.59 Å². The van der Waals surface area contributed by atoms with Crippen molar-refractivity contribution in [2.45, 2.75) is 0 Å². The third-order valence-electron chi connectivity index (χ3n) is 4.76. The Morgan fingerprint density at radius 2 is 1.48 bits per heavy atom. The molecule has 1 heterocycles. The number of hydrogen-bond acceptors (Lipinski definition) is 3. The summed E-state index contributed by atoms with van der Waals surface area (Å²) in [6, 6.07) is 17.7. The van der Waals surface area contributed by atoms with E-state index in [0.29, 0.717) is 33.4 Å². The van der Waals surface area contributed by atoms with E-state index in [1.165, 1.54) is 0 Å². The molecule has 0 spiro atoms. The molecule has 0 atom stereocenters. The highest BCUT2D eigenvalue weighted by Gasteiger charge is 2.27. The van der Waals surface area contributed by atoms with E-state index in [9.17, 15) is 14.4 Å². The van der Waals surface area contributed by atoms with Gasteiger partial charge in [-0.05, 0) is 41.5 Å². The van der Waals surface area contributed by atoms with Gasteiger partial charge in [-0.1, -0.05) is 30.3 Å². The number of hydrogen-bond donors (Lipinski definition) is 3. The fourth-order valence-corrected chi connectivity index (χ4v) is 3.48. The van der Waals surface area contributed by atoms with Gasteiger partial charge < -0.3 is 15.3 Å². The molecule has 0 bridgehead atoms. The van der Waals surface area contributed by atoms with Crippen LogP contribution in [0.4, 0.5) is 5.69 Å². The highest BCUT2D eigenvalue weighted by Crippen LogP contribution is 2.36. The Morgan fingerprint density at radius 3 is 2.33 bits per heavy atom. The van der Waals surface area contributed by atoms with Crippen LogP contribution in [0, 0.1) is 0 Å². The summed E-state index contributed by atoms with van der Waals surface area (Å²) in [5, 5.41) is 2.80. The highest BCUT2D eigenvalue weighted by atomic mass is 16.2. The standard InChI is InChI=1S/C21H13N3O3/c25-19-15-4-2-1-3-13(15)14-7-5-11(9-16(14)19)20(26)22-12-6-8-17-18(10-12)24-21(27)23-17/h1-10H,(H,22,26)(H2,23,24,27). The van der Waals surface area contributed by atoms with Crippen molar-refractivity contribution in [3.8, 4) is 11.1 Å². The van der Waals surface area contributed by atoms with Crippen LogP contribution in [0.2, 0.25) is 0 Å². The minimum Gasteiger partial charge on any atom is -0.322 e. The first-order valence-corrected chi connectivity index (χ1v) is 8.42. The molecule has 0 saturated carbocycles. The quantitative estimate of drug-likeness (QED) is 0.453. The number of H-pyrrole nitrogens is 2. The second kappa shape index (κ2) is 5.54. The fourth-order valence-electron chi connectivity index (χ4n) is 3.48. The van der Waals surface area contributed by atoms with Gasteiger partial charge in [-0.2, -0.15) is 0 Å². The van der Waals surface area contributed by atoms with Crippen molar-refractivity contribution in [1.29, 1.82) is 0 Å². The van der Waals surface area contributed by atoms with E-state index in [1.807, 2.05) is 18.2 Å². The van der Waals surface area contributed by atoms with Crippen LogP contribution in [0.15, 0.2) is 65.5 Å². The number of ketones is 1. The summed E-state index contributed by atoms with van der Waals surface area (Å²) in [6.07, 6.45) is 0. The van der Waals surface area contributed by atoms with Crippen LogP contribution in [-0.4, -0.2) is 21.7 Å². The van der Waals surface area contributed by atoms with Gasteiger partial charge in [0, 0.05) is 22.4 Å². The van der Waals surface area contributed by atoms with Crippen molar-refractivity contribution in [2.75, 3.05) is 5.32 Å². The maximum Gasteiger partial charge on any atom is 0.323 e. The van der Waals surface area contributed by atoms with Gasteiger partial charge in [0.1, 0.15) is 0 Å². The smallest absolute Gasteiger partial charge is 0.322 e. The zero-order chi connectivity index (χ0) is 18.5. The van der Waals surface area contributed by atoms with Crippen LogP contribution >= 0.6 is 0 Å². The molecule has 0 saturated heterocycles. The van der Waals surface area contributed by atoms with Crippen molar-refractivity contribution in [1.82, 2.24) is 9.97 Å². The molecular weight excluding hydrogens is 342 g/mol. The molecule has 0 fully saturated rings. The SMILES string of the molecule is O=C(Nc1ccc2[nH]c(=O)[nH]c2c1)c1ccc2c(c1)C(=O)c1ccccc1-2. The maximum atomic E-state index is 12.6. The molecule has 1 aromatic heterocycles. The van der Waals surface area contributed by atoms with E-state index in [4.69, 9.17) is 0 Å². The minimum atomic E-state index is -0.321. The van der Waals surface area contributed by atoms with Gasteiger partial charge in [-0.25, -0.2) is 4.79 Å². The van der Waals surface area contributed by atoms with Gasteiger partial charge in [-0.3, -0.25) is 9.59 Å². The number of benzene rings is 3. The van der Waals surface area contributed by atoms with Crippen molar-refractivity contribution in [3.63, 3.8) is 0 Å². The zero-order valence-corrected chi connectivity index (χ0v) is 14.0. The average Bonchev–Trinajstić information content (AvgIpc) is 3.18. The lowest BCUT2D eigenvalue weighted by Gasteiger charge is -2.07. The zero-order valence-electron chi connectivity index (χ0n) is 14.0. The van der Waals surface area contributed by atoms with Crippen LogP contribution in [0.1, 0.15) is 26.3 Å². The first-order chi connectivity index (χ1) is 13.1. The van der Waals surface area contributed by atoms with Crippen LogP contribution in [-0.2, 0) is 0 Å². The number of amides is 1. The lowest BCUT2D eigenvalue weighted by atomic mass is 10.0. The summed E-state index contributed by atoms with van der Waals surface area (Å²) in [7, 11) is 0.